The summed E-state index contributed by atoms with van der Waals surface area (Å²) in [6.45, 7) is 4.03. The lowest BCUT2D eigenvalue weighted by atomic mass is 10.2. The molecule has 3 atom stereocenters. The van der Waals surface area contributed by atoms with Gasteiger partial charge in [0.05, 0.1) is 17.3 Å². The number of sulfone groups is 1. The predicted octanol–water partition coefficient (Wildman–Crippen LogP) is 1.38. The molecule has 20 heavy (non-hydrogen) atoms. The van der Waals surface area contributed by atoms with E-state index < -0.39 is 21.7 Å². The highest BCUT2D eigenvalue weighted by atomic mass is 32.2. The average Bonchev–Trinajstić information content (AvgIpc) is 2.87. The van der Waals surface area contributed by atoms with E-state index in [1.807, 2.05) is 13.8 Å². The minimum Gasteiger partial charge on any atom is -0.372 e. The summed E-state index contributed by atoms with van der Waals surface area (Å²) in [5, 5.41) is 0. The maximum Gasteiger partial charge on any atom is 0.181 e. The van der Waals surface area contributed by atoms with Gasteiger partial charge in [0.2, 0.25) is 0 Å². The van der Waals surface area contributed by atoms with Gasteiger partial charge in [-0.25, -0.2) is 8.42 Å². The largest absolute Gasteiger partial charge is 0.372 e. The van der Waals surface area contributed by atoms with Crippen LogP contribution in [0.25, 0.3) is 0 Å². The Labute approximate surface area is 118 Å². The van der Waals surface area contributed by atoms with Gasteiger partial charge >= 0.3 is 0 Å². The summed E-state index contributed by atoms with van der Waals surface area (Å²) >= 11 is 0. The Hall–Kier alpha value is -0.950. The van der Waals surface area contributed by atoms with Crippen LogP contribution in [0.1, 0.15) is 13.8 Å². The number of benzene rings is 1. The van der Waals surface area contributed by atoms with Crippen LogP contribution in [0, 0.1) is 0 Å². The fraction of sp³-hybridized carbons (Fsp3) is 0.571. The van der Waals surface area contributed by atoms with Crippen molar-refractivity contribution in [1.82, 2.24) is 0 Å². The van der Waals surface area contributed by atoms with Crippen molar-refractivity contribution in [3.63, 3.8) is 0 Å². The molecule has 6 heteroatoms. The molecule has 0 saturated carbocycles. The van der Waals surface area contributed by atoms with Gasteiger partial charge in [0, 0.05) is 0 Å². The molecular formula is C14H18O5S. The van der Waals surface area contributed by atoms with Gasteiger partial charge in [-0.15, -0.1) is 0 Å². The van der Waals surface area contributed by atoms with E-state index in [-0.39, 0.29) is 18.0 Å². The van der Waals surface area contributed by atoms with E-state index in [0.717, 1.165) is 0 Å². The summed E-state index contributed by atoms with van der Waals surface area (Å²) in [7, 11) is -3.38. The first-order valence-electron chi connectivity index (χ1n) is 6.62. The maximum atomic E-state index is 12.4. The van der Waals surface area contributed by atoms with Crippen LogP contribution in [0.15, 0.2) is 35.2 Å². The lowest BCUT2D eigenvalue weighted by Gasteiger charge is -2.21. The molecule has 1 aromatic carbocycles. The molecule has 1 aromatic rings. The highest BCUT2D eigenvalue weighted by Crippen LogP contribution is 2.36. The van der Waals surface area contributed by atoms with Crippen LogP contribution in [-0.4, -0.2) is 44.9 Å². The standard InChI is InChI=1S/C14H18O5S/c1-14(2)18-11-8-17-12(13(11)19-14)9-20(15,16)10-6-4-3-5-7-10/h3-7,11-13H,8-9H2,1-2H3/t11-,12-,13-/m0/s1. The van der Waals surface area contributed by atoms with Crippen LogP contribution in [0.3, 0.4) is 0 Å². The first-order valence-corrected chi connectivity index (χ1v) is 8.28. The Bertz CT molecular complexity index is 581. The molecule has 0 amide bonds. The number of fused-ring (bicyclic) bond motifs is 1. The molecule has 2 aliphatic heterocycles. The van der Waals surface area contributed by atoms with E-state index in [4.69, 9.17) is 14.2 Å². The zero-order valence-corrected chi connectivity index (χ0v) is 12.3. The molecule has 0 spiro atoms. The average molecular weight is 298 g/mol. The first-order chi connectivity index (χ1) is 9.37. The van der Waals surface area contributed by atoms with Crippen molar-refractivity contribution in [1.29, 1.82) is 0 Å². The Morgan fingerprint density at radius 1 is 1.20 bits per heavy atom. The second-order valence-electron chi connectivity index (χ2n) is 5.60. The molecule has 0 aliphatic carbocycles. The van der Waals surface area contributed by atoms with Crippen molar-refractivity contribution in [3.05, 3.63) is 30.3 Å². The molecule has 2 saturated heterocycles. The molecular weight excluding hydrogens is 280 g/mol. The second-order valence-corrected chi connectivity index (χ2v) is 7.64. The number of rotatable bonds is 3. The third-order valence-electron chi connectivity index (χ3n) is 3.55. The number of ether oxygens (including phenoxy) is 3. The van der Waals surface area contributed by atoms with E-state index in [1.165, 1.54) is 0 Å². The minimum absolute atomic E-state index is 0.0857. The molecule has 110 valence electrons. The highest BCUT2D eigenvalue weighted by Gasteiger charge is 2.51. The third-order valence-corrected chi connectivity index (χ3v) is 5.31. The zero-order chi connectivity index (χ0) is 14.4. The van der Waals surface area contributed by atoms with Gasteiger partial charge in [-0.1, -0.05) is 18.2 Å². The lowest BCUT2D eigenvalue weighted by molar-refractivity contribution is -0.172. The van der Waals surface area contributed by atoms with Crippen LogP contribution in [0.4, 0.5) is 0 Å². The SMILES string of the molecule is CC1(C)O[C@@H]2[C@H](CS(=O)(=O)c3ccccc3)OC[C@@H]2O1. The Morgan fingerprint density at radius 3 is 2.60 bits per heavy atom. The van der Waals surface area contributed by atoms with E-state index in [0.29, 0.717) is 11.5 Å². The quantitative estimate of drug-likeness (QED) is 0.843. The molecule has 3 rings (SSSR count). The second kappa shape index (κ2) is 4.80. The van der Waals surface area contributed by atoms with E-state index in [2.05, 4.69) is 0 Å². The summed E-state index contributed by atoms with van der Waals surface area (Å²) in [6.07, 6.45) is -0.976. The van der Waals surface area contributed by atoms with E-state index >= 15 is 0 Å². The van der Waals surface area contributed by atoms with Crippen molar-refractivity contribution >= 4 is 9.84 Å². The smallest absolute Gasteiger partial charge is 0.181 e. The number of hydrogen-bond acceptors (Lipinski definition) is 5. The van der Waals surface area contributed by atoms with Crippen molar-refractivity contribution in [3.8, 4) is 0 Å². The molecule has 0 bridgehead atoms. The molecule has 0 unspecified atom stereocenters. The molecule has 0 N–H and O–H groups in total. The zero-order valence-electron chi connectivity index (χ0n) is 11.5. The predicted molar refractivity (Wildman–Crippen MR) is 72.1 cm³/mol. The molecule has 2 heterocycles. The van der Waals surface area contributed by atoms with Crippen LogP contribution < -0.4 is 0 Å². The van der Waals surface area contributed by atoms with Crippen molar-refractivity contribution < 1.29 is 22.6 Å². The molecule has 2 fully saturated rings. The van der Waals surface area contributed by atoms with Gasteiger partial charge in [-0.3, -0.25) is 0 Å². The third kappa shape index (κ3) is 2.61. The van der Waals surface area contributed by atoms with Crippen LogP contribution >= 0.6 is 0 Å². The summed E-state index contributed by atoms with van der Waals surface area (Å²) in [5.74, 6) is -0.758. The van der Waals surface area contributed by atoms with E-state index in [1.54, 1.807) is 30.3 Å². The van der Waals surface area contributed by atoms with Gasteiger partial charge < -0.3 is 14.2 Å². The molecule has 0 radical (unpaired) electrons. The van der Waals surface area contributed by atoms with Gasteiger partial charge in [0.25, 0.3) is 0 Å². The van der Waals surface area contributed by atoms with Crippen LogP contribution in [-0.2, 0) is 24.0 Å². The summed E-state index contributed by atoms with van der Waals surface area (Å²) in [6, 6.07) is 8.40. The summed E-state index contributed by atoms with van der Waals surface area (Å²) in [5.41, 5.74) is 0. The minimum atomic E-state index is -3.38. The normalized spacial score (nSPS) is 32.2. The fourth-order valence-corrected chi connectivity index (χ4v) is 4.19. The van der Waals surface area contributed by atoms with Gasteiger partial charge in [0.1, 0.15) is 18.3 Å². The summed E-state index contributed by atoms with van der Waals surface area (Å²) in [4.78, 5) is 0.310. The monoisotopic (exact) mass is 298 g/mol. The molecule has 2 aliphatic rings. The lowest BCUT2D eigenvalue weighted by Crippen LogP contribution is -2.34. The Morgan fingerprint density at radius 2 is 1.90 bits per heavy atom. The highest BCUT2D eigenvalue weighted by molar-refractivity contribution is 7.91. The van der Waals surface area contributed by atoms with E-state index in [9.17, 15) is 8.42 Å². The van der Waals surface area contributed by atoms with Crippen LogP contribution in [0.2, 0.25) is 0 Å². The number of hydrogen-bond donors (Lipinski definition) is 0. The van der Waals surface area contributed by atoms with Crippen molar-refractivity contribution in [2.75, 3.05) is 12.4 Å². The topological polar surface area (TPSA) is 61.8 Å². The van der Waals surface area contributed by atoms with Crippen LogP contribution in [0.5, 0.6) is 0 Å². The maximum absolute atomic E-state index is 12.4. The van der Waals surface area contributed by atoms with Crippen molar-refractivity contribution in [2.24, 2.45) is 0 Å². The molecule has 5 nitrogen and oxygen atoms in total. The first kappa shape index (κ1) is 14.0. The fourth-order valence-electron chi connectivity index (χ4n) is 2.70. The van der Waals surface area contributed by atoms with Gasteiger partial charge in [-0.2, -0.15) is 0 Å². The molecule has 0 aromatic heterocycles. The van der Waals surface area contributed by atoms with Gasteiger partial charge in [0.15, 0.2) is 15.6 Å². The Balaban J connectivity index is 1.76. The summed E-state index contributed by atoms with van der Waals surface area (Å²) < 4.78 is 41.7. The van der Waals surface area contributed by atoms with Crippen molar-refractivity contribution in [2.45, 2.75) is 42.8 Å². The van der Waals surface area contributed by atoms with Gasteiger partial charge in [-0.05, 0) is 26.0 Å². The Kier molecular flexibility index (Phi) is 3.36.